The smallest absolute Gasteiger partial charge is 0.105 e. The number of rotatable bonds is 4. The second kappa shape index (κ2) is 8.41. The highest BCUT2D eigenvalue weighted by atomic mass is 16.3. The van der Waals surface area contributed by atoms with E-state index in [1.54, 1.807) is 12.4 Å². The van der Waals surface area contributed by atoms with Gasteiger partial charge in [-0.05, 0) is 53.3 Å². The number of pyridine rings is 1. The van der Waals surface area contributed by atoms with Crippen molar-refractivity contribution in [2.24, 2.45) is 0 Å². The fraction of sp³-hybridized carbons (Fsp3) is 0.174. The van der Waals surface area contributed by atoms with Gasteiger partial charge in [-0.25, -0.2) is 0 Å². The molecule has 1 atom stereocenters. The van der Waals surface area contributed by atoms with E-state index in [0.717, 1.165) is 28.7 Å². The predicted octanol–water partition coefficient (Wildman–Crippen LogP) is 5.67. The zero-order valence-corrected chi connectivity index (χ0v) is 13.8. The second-order valence-electron chi connectivity index (χ2n) is 5.89. The number of benzene rings is 1. The quantitative estimate of drug-likeness (QED) is 0.783. The van der Waals surface area contributed by atoms with Crippen LogP contribution in [0.15, 0.2) is 96.4 Å². The molecule has 0 spiro atoms. The van der Waals surface area contributed by atoms with Crippen LogP contribution < -0.4 is 0 Å². The second-order valence-corrected chi connectivity index (χ2v) is 5.89. The van der Waals surface area contributed by atoms with Gasteiger partial charge in [0.15, 0.2) is 0 Å². The van der Waals surface area contributed by atoms with Crippen LogP contribution in [0.25, 0.3) is 5.57 Å². The lowest BCUT2D eigenvalue weighted by Gasteiger charge is -2.12. The van der Waals surface area contributed by atoms with E-state index in [2.05, 4.69) is 29.8 Å². The first kappa shape index (κ1) is 18.6. The molecule has 0 bridgehead atoms. The maximum absolute atomic E-state index is 10.6. The van der Waals surface area contributed by atoms with Gasteiger partial charge in [0.2, 0.25) is 0 Å². The maximum atomic E-state index is 10.6. The Bertz CT molecular complexity index is 814. The summed E-state index contributed by atoms with van der Waals surface area (Å²) in [7, 11) is 0. The predicted molar refractivity (Wildman–Crippen MR) is 106 cm³/mol. The summed E-state index contributed by atoms with van der Waals surface area (Å²) in [6.07, 6.45) is 9.69. The molecule has 1 aromatic carbocycles. The molecular formula is C23H25NO. The number of nitrogens with zero attached hydrogens (tertiary/aromatic N) is 1. The van der Waals surface area contributed by atoms with Gasteiger partial charge in [-0.15, -0.1) is 0 Å². The lowest BCUT2D eigenvalue weighted by atomic mass is 9.99. The molecule has 128 valence electrons. The van der Waals surface area contributed by atoms with E-state index < -0.39 is 6.10 Å². The number of allylic oxidation sites excluding steroid dienone is 5. The molecule has 3 rings (SSSR count). The van der Waals surface area contributed by atoms with E-state index in [-0.39, 0.29) is 7.43 Å². The van der Waals surface area contributed by atoms with Crippen LogP contribution in [0.5, 0.6) is 0 Å². The van der Waals surface area contributed by atoms with Crippen LogP contribution in [0.1, 0.15) is 38.0 Å². The minimum Gasteiger partial charge on any atom is -0.384 e. The van der Waals surface area contributed by atoms with E-state index in [4.69, 9.17) is 0 Å². The Morgan fingerprint density at radius 2 is 1.96 bits per heavy atom. The Kier molecular flexibility index (Phi) is 6.26. The standard InChI is InChI=1S/C22H21NO.CH4/c1-3-17(22(24)19-10-7-11-23-15-19)13-20-14-21(12-16(20)2)18-8-5-4-6-9-18;/h3-11,13-15,22,24H,2,12H2,1H3;1H4/b17-3+,20-13-;. The van der Waals surface area contributed by atoms with Crippen LogP contribution in [-0.4, -0.2) is 10.1 Å². The lowest BCUT2D eigenvalue weighted by Crippen LogP contribution is -2.00. The van der Waals surface area contributed by atoms with Crippen molar-refractivity contribution < 1.29 is 5.11 Å². The molecule has 1 N–H and O–H groups in total. The number of aliphatic hydroxyl groups is 1. The molecule has 0 saturated carbocycles. The molecule has 25 heavy (non-hydrogen) atoms. The third-order valence-electron chi connectivity index (χ3n) is 4.26. The zero-order chi connectivity index (χ0) is 16.9. The van der Waals surface area contributed by atoms with Gasteiger partial charge < -0.3 is 5.11 Å². The molecule has 1 unspecified atom stereocenters. The highest BCUT2D eigenvalue weighted by Gasteiger charge is 2.17. The highest BCUT2D eigenvalue weighted by molar-refractivity contribution is 5.78. The van der Waals surface area contributed by atoms with Gasteiger partial charge in [-0.1, -0.05) is 62.6 Å². The summed E-state index contributed by atoms with van der Waals surface area (Å²) in [5.74, 6) is 0. The first-order valence-electron chi connectivity index (χ1n) is 8.09. The number of aromatic nitrogens is 1. The minimum atomic E-state index is -0.682. The summed E-state index contributed by atoms with van der Waals surface area (Å²) in [5, 5.41) is 10.6. The molecule has 2 aromatic rings. The van der Waals surface area contributed by atoms with E-state index in [1.807, 2.05) is 49.4 Å². The van der Waals surface area contributed by atoms with Gasteiger partial charge in [0, 0.05) is 18.0 Å². The van der Waals surface area contributed by atoms with Crippen LogP contribution in [0.4, 0.5) is 0 Å². The van der Waals surface area contributed by atoms with Gasteiger partial charge >= 0.3 is 0 Å². The first-order valence-corrected chi connectivity index (χ1v) is 8.09. The molecule has 1 aromatic heterocycles. The maximum Gasteiger partial charge on any atom is 0.105 e. The summed E-state index contributed by atoms with van der Waals surface area (Å²) in [6, 6.07) is 14.1. The third-order valence-corrected chi connectivity index (χ3v) is 4.26. The van der Waals surface area contributed by atoms with Gasteiger partial charge in [0.25, 0.3) is 0 Å². The van der Waals surface area contributed by atoms with Crippen molar-refractivity contribution in [1.82, 2.24) is 4.98 Å². The average molecular weight is 331 g/mol. The summed E-state index contributed by atoms with van der Waals surface area (Å²) in [4.78, 5) is 4.08. The molecular weight excluding hydrogens is 306 g/mol. The monoisotopic (exact) mass is 331 g/mol. The van der Waals surface area contributed by atoms with Crippen LogP contribution in [0.3, 0.4) is 0 Å². The molecule has 0 amide bonds. The minimum absolute atomic E-state index is 0. The van der Waals surface area contributed by atoms with Gasteiger partial charge in [0.1, 0.15) is 6.10 Å². The summed E-state index contributed by atoms with van der Waals surface area (Å²) < 4.78 is 0. The van der Waals surface area contributed by atoms with E-state index in [0.29, 0.717) is 0 Å². The third kappa shape index (κ3) is 4.23. The van der Waals surface area contributed by atoms with Crippen molar-refractivity contribution in [3.8, 4) is 0 Å². The highest BCUT2D eigenvalue weighted by Crippen LogP contribution is 2.36. The van der Waals surface area contributed by atoms with Crippen molar-refractivity contribution in [2.45, 2.75) is 26.9 Å². The van der Waals surface area contributed by atoms with Gasteiger partial charge in [0.05, 0.1) is 0 Å². The summed E-state index contributed by atoms with van der Waals surface area (Å²) >= 11 is 0. The van der Waals surface area contributed by atoms with E-state index >= 15 is 0 Å². The average Bonchev–Trinajstić information content (AvgIpc) is 3.01. The molecule has 1 heterocycles. The summed E-state index contributed by atoms with van der Waals surface area (Å²) in [5.41, 5.74) is 6.27. The topological polar surface area (TPSA) is 33.1 Å². The zero-order valence-electron chi connectivity index (χ0n) is 13.8. The van der Waals surface area contributed by atoms with Crippen molar-refractivity contribution in [1.29, 1.82) is 0 Å². The molecule has 0 fully saturated rings. The fourth-order valence-electron chi connectivity index (χ4n) is 2.88. The summed E-state index contributed by atoms with van der Waals surface area (Å²) in [6.45, 7) is 6.13. The Labute approximate surface area is 150 Å². The molecule has 1 aliphatic carbocycles. The molecule has 0 aliphatic heterocycles. The normalized spacial score (nSPS) is 17.2. The fourth-order valence-corrected chi connectivity index (χ4v) is 2.88. The SMILES string of the molecule is C.C=C1CC(c2ccccc2)=C/C1=C/C(=C\C)C(O)c1cccnc1. The van der Waals surface area contributed by atoms with Crippen molar-refractivity contribution in [3.63, 3.8) is 0 Å². The molecule has 0 saturated heterocycles. The number of hydrogen-bond donors (Lipinski definition) is 1. The van der Waals surface area contributed by atoms with Crippen molar-refractivity contribution in [3.05, 3.63) is 108 Å². The largest absolute Gasteiger partial charge is 0.384 e. The van der Waals surface area contributed by atoms with Crippen LogP contribution in [0, 0.1) is 0 Å². The van der Waals surface area contributed by atoms with E-state index in [9.17, 15) is 5.11 Å². The molecule has 0 radical (unpaired) electrons. The van der Waals surface area contributed by atoms with Crippen molar-refractivity contribution in [2.75, 3.05) is 0 Å². The van der Waals surface area contributed by atoms with Crippen LogP contribution in [-0.2, 0) is 0 Å². The van der Waals surface area contributed by atoms with Crippen LogP contribution >= 0.6 is 0 Å². The van der Waals surface area contributed by atoms with Gasteiger partial charge in [-0.2, -0.15) is 0 Å². The van der Waals surface area contributed by atoms with Gasteiger partial charge in [-0.3, -0.25) is 4.98 Å². The molecule has 1 aliphatic rings. The molecule has 2 nitrogen and oxygen atoms in total. The Balaban J connectivity index is 0.00000225. The Morgan fingerprint density at radius 3 is 2.60 bits per heavy atom. The van der Waals surface area contributed by atoms with Crippen molar-refractivity contribution >= 4 is 5.57 Å². The lowest BCUT2D eigenvalue weighted by molar-refractivity contribution is 0.219. The van der Waals surface area contributed by atoms with Crippen LogP contribution in [0.2, 0.25) is 0 Å². The molecule has 2 heteroatoms. The number of aliphatic hydroxyl groups excluding tert-OH is 1. The Hall–Kier alpha value is -2.71. The number of hydrogen-bond acceptors (Lipinski definition) is 2. The van der Waals surface area contributed by atoms with E-state index in [1.165, 1.54) is 11.1 Å². The Morgan fingerprint density at radius 1 is 1.20 bits per heavy atom. The first-order chi connectivity index (χ1) is 11.7.